The second-order valence-corrected chi connectivity index (χ2v) is 4.34. The van der Waals surface area contributed by atoms with Crippen molar-refractivity contribution in [1.82, 2.24) is 4.90 Å². The van der Waals surface area contributed by atoms with E-state index in [2.05, 4.69) is 6.08 Å². The Labute approximate surface area is 100 Å². The molecule has 0 saturated carbocycles. The quantitative estimate of drug-likeness (QED) is 0.440. The molecule has 4 nitrogen and oxygen atoms in total. The zero-order chi connectivity index (χ0) is 12.4. The molecule has 2 rings (SSSR count). The molecule has 1 aromatic carbocycles. The summed E-state index contributed by atoms with van der Waals surface area (Å²) in [5, 5.41) is 9.49. The number of rotatable bonds is 1. The van der Waals surface area contributed by atoms with E-state index in [4.69, 9.17) is 5.73 Å². The van der Waals surface area contributed by atoms with Crippen LogP contribution in [0.3, 0.4) is 0 Å². The van der Waals surface area contributed by atoms with Crippen LogP contribution in [0.15, 0.2) is 29.8 Å². The van der Waals surface area contributed by atoms with E-state index in [-0.39, 0.29) is 17.3 Å². The molecule has 3 N–H and O–H groups in total. The average molecular weight is 232 g/mol. The van der Waals surface area contributed by atoms with E-state index in [1.165, 1.54) is 11.6 Å². The Bertz CT molecular complexity index is 480. The number of benzene rings is 1. The molecule has 1 heterocycles. The molecular weight excluding hydrogens is 216 g/mol. The van der Waals surface area contributed by atoms with Crippen LogP contribution in [0.5, 0.6) is 5.75 Å². The Morgan fingerprint density at radius 2 is 2.24 bits per heavy atom. The predicted octanol–water partition coefficient (Wildman–Crippen LogP) is 1.77. The highest BCUT2D eigenvalue weighted by molar-refractivity contribution is 5.95. The summed E-state index contributed by atoms with van der Waals surface area (Å²) in [5.41, 5.74) is 7.47. The number of anilines is 1. The van der Waals surface area contributed by atoms with E-state index in [1.807, 2.05) is 6.92 Å². The van der Waals surface area contributed by atoms with Gasteiger partial charge in [-0.25, -0.2) is 0 Å². The highest BCUT2D eigenvalue weighted by atomic mass is 16.3. The van der Waals surface area contributed by atoms with E-state index in [1.54, 1.807) is 17.0 Å². The number of nitrogens with zero attached hydrogens (tertiary/aromatic N) is 1. The van der Waals surface area contributed by atoms with Crippen LogP contribution < -0.4 is 5.73 Å². The van der Waals surface area contributed by atoms with Crippen molar-refractivity contribution in [2.45, 2.75) is 13.3 Å². The fourth-order valence-corrected chi connectivity index (χ4v) is 1.94. The number of amides is 1. The second-order valence-electron chi connectivity index (χ2n) is 4.34. The molecule has 0 fully saturated rings. The third-order valence-corrected chi connectivity index (χ3v) is 2.90. The molecule has 0 bridgehead atoms. The molecule has 1 aliphatic rings. The van der Waals surface area contributed by atoms with Gasteiger partial charge in [-0.15, -0.1) is 0 Å². The fraction of sp³-hybridized carbons (Fsp3) is 0.308. The van der Waals surface area contributed by atoms with Gasteiger partial charge in [0.1, 0.15) is 5.75 Å². The molecule has 90 valence electrons. The van der Waals surface area contributed by atoms with E-state index < -0.39 is 0 Å². The van der Waals surface area contributed by atoms with Crippen molar-refractivity contribution in [2.75, 3.05) is 18.8 Å². The van der Waals surface area contributed by atoms with Crippen LogP contribution in [0.4, 0.5) is 5.69 Å². The number of carbonyl (C=O) groups excluding carboxylic acids is 1. The van der Waals surface area contributed by atoms with Crippen molar-refractivity contribution >= 4 is 11.6 Å². The van der Waals surface area contributed by atoms with Gasteiger partial charge in [-0.05, 0) is 31.5 Å². The third kappa shape index (κ3) is 2.41. The fourth-order valence-electron chi connectivity index (χ4n) is 1.94. The van der Waals surface area contributed by atoms with Gasteiger partial charge < -0.3 is 15.7 Å². The van der Waals surface area contributed by atoms with Crippen LogP contribution in [0.25, 0.3) is 0 Å². The van der Waals surface area contributed by atoms with Gasteiger partial charge in [0.05, 0.1) is 5.69 Å². The summed E-state index contributed by atoms with van der Waals surface area (Å²) in [5.74, 6) is -0.104. The van der Waals surface area contributed by atoms with Crippen molar-refractivity contribution in [3.63, 3.8) is 0 Å². The zero-order valence-electron chi connectivity index (χ0n) is 9.81. The summed E-state index contributed by atoms with van der Waals surface area (Å²) in [7, 11) is 0. The highest BCUT2D eigenvalue weighted by Crippen LogP contribution is 2.22. The smallest absolute Gasteiger partial charge is 0.254 e. The topological polar surface area (TPSA) is 66.6 Å². The van der Waals surface area contributed by atoms with E-state index in [0.717, 1.165) is 13.0 Å². The van der Waals surface area contributed by atoms with Gasteiger partial charge in [0.2, 0.25) is 0 Å². The summed E-state index contributed by atoms with van der Waals surface area (Å²) in [6, 6.07) is 4.62. The molecule has 0 saturated heterocycles. The summed E-state index contributed by atoms with van der Waals surface area (Å²) in [6.07, 6.45) is 3.03. The van der Waals surface area contributed by atoms with E-state index >= 15 is 0 Å². The lowest BCUT2D eigenvalue weighted by molar-refractivity contribution is 0.0765. The third-order valence-electron chi connectivity index (χ3n) is 2.90. The van der Waals surface area contributed by atoms with Crippen molar-refractivity contribution in [2.24, 2.45) is 0 Å². The van der Waals surface area contributed by atoms with Crippen LogP contribution in [0.2, 0.25) is 0 Å². The van der Waals surface area contributed by atoms with Gasteiger partial charge in [0.25, 0.3) is 5.91 Å². The first kappa shape index (κ1) is 11.5. The molecule has 0 unspecified atom stereocenters. The van der Waals surface area contributed by atoms with Crippen molar-refractivity contribution in [3.05, 3.63) is 35.4 Å². The van der Waals surface area contributed by atoms with Gasteiger partial charge in [0.15, 0.2) is 0 Å². The summed E-state index contributed by atoms with van der Waals surface area (Å²) >= 11 is 0. The molecule has 1 aromatic rings. The molecular formula is C13H16N2O2. The minimum absolute atomic E-state index is 0.0416. The first-order chi connectivity index (χ1) is 8.08. The van der Waals surface area contributed by atoms with Crippen LogP contribution in [0.1, 0.15) is 23.7 Å². The molecule has 1 amide bonds. The van der Waals surface area contributed by atoms with Crippen molar-refractivity contribution < 1.29 is 9.90 Å². The Morgan fingerprint density at radius 3 is 2.88 bits per heavy atom. The van der Waals surface area contributed by atoms with Gasteiger partial charge in [-0.1, -0.05) is 11.6 Å². The largest absolute Gasteiger partial charge is 0.506 e. The Morgan fingerprint density at radius 1 is 1.47 bits per heavy atom. The van der Waals surface area contributed by atoms with Crippen LogP contribution in [-0.4, -0.2) is 29.0 Å². The Hall–Kier alpha value is -1.97. The van der Waals surface area contributed by atoms with Crippen LogP contribution in [0, 0.1) is 0 Å². The molecule has 0 atom stereocenters. The number of phenols is 1. The first-order valence-electron chi connectivity index (χ1n) is 5.61. The highest BCUT2D eigenvalue weighted by Gasteiger charge is 2.18. The molecule has 0 spiro atoms. The summed E-state index contributed by atoms with van der Waals surface area (Å²) < 4.78 is 0. The zero-order valence-corrected chi connectivity index (χ0v) is 9.81. The van der Waals surface area contributed by atoms with Gasteiger partial charge in [-0.3, -0.25) is 4.79 Å². The lowest BCUT2D eigenvalue weighted by atomic mass is 10.1. The van der Waals surface area contributed by atoms with Crippen LogP contribution in [-0.2, 0) is 0 Å². The minimum atomic E-state index is -0.0623. The maximum absolute atomic E-state index is 12.2. The number of carbonyl (C=O) groups is 1. The van der Waals surface area contributed by atoms with E-state index in [0.29, 0.717) is 12.1 Å². The number of nitrogens with two attached hydrogens (primary N) is 1. The molecule has 17 heavy (non-hydrogen) atoms. The predicted molar refractivity (Wildman–Crippen MR) is 66.8 cm³/mol. The van der Waals surface area contributed by atoms with Gasteiger partial charge in [0, 0.05) is 18.7 Å². The molecule has 1 aliphatic heterocycles. The van der Waals surface area contributed by atoms with Crippen LogP contribution >= 0.6 is 0 Å². The van der Waals surface area contributed by atoms with Gasteiger partial charge >= 0.3 is 0 Å². The van der Waals surface area contributed by atoms with Gasteiger partial charge in [-0.2, -0.15) is 0 Å². The molecule has 4 heteroatoms. The Balaban J connectivity index is 2.19. The summed E-state index contributed by atoms with van der Waals surface area (Å²) in [4.78, 5) is 13.9. The van der Waals surface area contributed by atoms with Crippen molar-refractivity contribution in [1.29, 1.82) is 0 Å². The summed E-state index contributed by atoms with van der Waals surface area (Å²) in [6.45, 7) is 3.39. The Kier molecular flexibility index (Phi) is 3.04. The average Bonchev–Trinajstić information content (AvgIpc) is 2.32. The monoisotopic (exact) mass is 232 g/mol. The normalized spacial score (nSPS) is 15.6. The number of hydrogen-bond donors (Lipinski definition) is 2. The number of phenolic OH excluding ortho intramolecular Hbond substituents is 1. The maximum Gasteiger partial charge on any atom is 0.254 e. The standard InChI is InChI=1S/C13H16N2O2/c1-9-3-2-6-15(8-9)13(17)10-4-5-11(14)12(16)7-10/h3-5,7,16H,2,6,8,14H2,1H3. The van der Waals surface area contributed by atoms with E-state index in [9.17, 15) is 9.90 Å². The lowest BCUT2D eigenvalue weighted by Crippen LogP contribution is -2.35. The van der Waals surface area contributed by atoms with Crippen molar-refractivity contribution in [3.8, 4) is 5.75 Å². The second kappa shape index (κ2) is 4.49. The SMILES string of the molecule is CC1=CCCN(C(=O)c2ccc(N)c(O)c2)C1. The lowest BCUT2D eigenvalue weighted by Gasteiger charge is -2.26. The molecule has 0 radical (unpaired) electrons. The first-order valence-corrected chi connectivity index (χ1v) is 5.61. The number of nitrogen functional groups attached to an aromatic ring is 1. The minimum Gasteiger partial charge on any atom is -0.506 e. The molecule has 0 aromatic heterocycles. The number of aromatic hydroxyl groups is 1. The molecule has 0 aliphatic carbocycles. The number of hydrogen-bond acceptors (Lipinski definition) is 3. The maximum atomic E-state index is 12.2.